The van der Waals surface area contributed by atoms with Gasteiger partial charge in [0.05, 0.1) is 19.4 Å². The second kappa shape index (κ2) is 6.13. The van der Waals surface area contributed by atoms with Gasteiger partial charge in [0.2, 0.25) is 0 Å². The van der Waals surface area contributed by atoms with Gasteiger partial charge in [0.15, 0.2) is 0 Å². The van der Waals surface area contributed by atoms with E-state index in [0.717, 1.165) is 17.9 Å². The first-order chi connectivity index (χ1) is 9.58. The Kier molecular flexibility index (Phi) is 4.49. The maximum absolute atomic E-state index is 11.8. The molecule has 0 spiro atoms. The smallest absolute Gasteiger partial charge is 0.350 e. The van der Waals surface area contributed by atoms with Crippen LogP contribution in [0.25, 0.3) is 0 Å². The number of nitrogen functional groups attached to an aromatic ring is 1. The van der Waals surface area contributed by atoms with Crippen molar-refractivity contribution in [2.45, 2.75) is 19.8 Å². The first-order valence-corrected chi connectivity index (χ1v) is 7.31. The summed E-state index contributed by atoms with van der Waals surface area (Å²) < 4.78 is 9.67. The summed E-state index contributed by atoms with van der Waals surface area (Å²) in [5.41, 5.74) is 6.25. The van der Waals surface area contributed by atoms with Crippen LogP contribution in [0.2, 0.25) is 0 Å². The predicted molar refractivity (Wildman–Crippen MR) is 77.2 cm³/mol. The van der Waals surface area contributed by atoms with E-state index >= 15 is 0 Å². The van der Waals surface area contributed by atoms with Gasteiger partial charge in [-0.25, -0.2) is 9.59 Å². The van der Waals surface area contributed by atoms with Crippen LogP contribution in [0.4, 0.5) is 10.7 Å². The van der Waals surface area contributed by atoms with E-state index in [2.05, 4.69) is 5.32 Å². The van der Waals surface area contributed by atoms with Crippen LogP contribution in [0.5, 0.6) is 0 Å². The second-order valence-corrected chi connectivity index (χ2v) is 5.61. The number of carbonyl (C=O) groups is 2. The number of ether oxygens (including phenoxy) is 2. The fourth-order valence-electron chi connectivity index (χ4n) is 1.78. The fourth-order valence-corrected chi connectivity index (χ4v) is 2.79. The van der Waals surface area contributed by atoms with E-state index < -0.39 is 11.9 Å². The Balaban J connectivity index is 2.28. The van der Waals surface area contributed by atoms with Crippen LogP contribution < -0.4 is 11.1 Å². The van der Waals surface area contributed by atoms with E-state index in [1.807, 2.05) is 0 Å². The lowest BCUT2D eigenvalue weighted by atomic mass is 10.2. The van der Waals surface area contributed by atoms with Crippen LogP contribution >= 0.6 is 11.3 Å². The quantitative estimate of drug-likeness (QED) is 0.782. The van der Waals surface area contributed by atoms with Crippen LogP contribution in [-0.4, -0.2) is 32.2 Å². The molecular formula is C13H18N2O4S. The largest absolute Gasteiger partial charge is 0.465 e. The number of carbonyl (C=O) groups excluding carboxylic acids is 2. The molecule has 1 aliphatic carbocycles. The van der Waals surface area contributed by atoms with Gasteiger partial charge < -0.3 is 20.5 Å². The summed E-state index contributed by atoms with van der Waals surface area (Å²) in [5, 5.41) is 3.75. The molecular weight excluding hydrogens is 280 g/mol. The normalized spacial score (nSPS) is 13.9. The second-order valence-electron chi connectivity index (χ2n) is 4.59. The lowest BCUT2D eigenvalue weighted by Crippen LogP contribution is -2.10. The molecule has 1 aromatic heterocycles. The molecule has 0 atom stereocenters. The van der Waals surface area contributed by atoms with E-state index in [9.17, 15) is 9.59 Å². The monoisotopic (exact) mass is 298 g/mol. The Hall–Kier alpha value is -1.76. The van der Waals surface area contributed by atoms with Crippen LogP contribution in [0.15, 0.2) is 0 Å². The molecule has 0 aliphatic heterocycles. The van der Waals surface area contributed by atoms with E-state index in [0.29, 0.717) is 10.9 Å². The average Bonchev–Trinajstić information content (AvgIpc) is 3.19. The SMILES string of the molecule is CCOC(=O)c1sc(NCC2CC2)c(C(=O)OC)c1N. The number of anilines is 2. The molecule has 0 bridgehead atoms. The number of thiophene rings is 1. The summed E-state index contributed by atoms with van der Waals surface area (Å²) in [4.78, 5) is 23.9. The van der Waals surface area contributed by atoms with E-state index in [1.165, 1.54) is 20.0 Å². The van der Waals surface area contributed by atoms with Crippen molar-refractivity contribution in [1.82, 2.24) is 0 Å². The summed E-state index contributed by atoms with van der Waals surface area (Å²) in [5.74, 6) is -0.429. The maximum Gasteiger partial charge on any atom is 0.350 e. The standard InChI is InChI=1S/C13H18N2O4S/c1-3-19-13(17)10-9(14)8(12(16)18-2)11(20-10)15-6-7-4-5-7/h7,15H,3-6,14H2,1-2H3. The Morgan fingerprint density at radius 2 is 2.10 bits per heavy atom. The Morgan fingerprint density at radius 1 is 1.40 bits per heavy atom. The maximum atomic E-state index is 11.8. The lowest BCUT2D eigenvalue weighted by molar-refractivity contribution is 0.0533. The summed E-state index contributed by atoms with van der Waals surface area (Å²) in [6.45, 7) is 2.75. The minimum atomic E-state index is -0.549. The van der Waals surface area contributed by atoms with Gasteiger partial charge in [0.1, 0.15) is 15.4 Å². The molecule has 1 aliphatic rings. The van der Waals surface area contributed by atoms with Crippen molar-refractivity contribution in [3.8, 4) is 0 Å². The molecule has 1 fully saturated rings. The number of rotatable bonds is 6. The summed E-state index contributed by atoms with van der Waals surface area (Å²) in [6.07, 6.45) is 2.37. The molecule has 1 saturated carbocycles. The van der Waals surface area contributed by atoms with Gasteiger partial charge in [0.25, 0.3) is 0 Å². The molecule has 110 valence electrons. The molecule has 20 heavy (non-hydrogen) atoms. The van der Waals surface area contributed by atoms with Gasteiger partial charge in [0, 0.05) is 6.54 Å². The Morgan fingerprint density at radius 3 is 2.65 bits per heavy atom. The highest BCUT2D eigenvalue weighted by Crippen LogP contribution is 2.38. The fraction of sp³-hybridized carbons (Fsp3) is 0.538. The van der Waals surface area contributed by atoms with Crippen molar-refractivity contribution in [1.29, 1.82) is 0 Å². The van der Waals surface area contributed by atoms with Crippen LogP contribution in [0.3, 0.4) is 0 Å². The average molecular weight is 298 g/mol. The topological polar surface area (TPSA) is 90.6 Å². The molecule has 1 heterocycles. The number of esters is 2. The summed E-state index contributed by atoms with van der Waals surface area (Å²) >= 11 is 1.14. The van der Waals surface area contributed by atoms with Crippen molar-refractivity contribution in [2.24, 2.45) is 5.92 Å². The highest BCUT2D eigenvalue weighted by molar-refractivity contribution is 7.19. The van der Waals surface area contributed by atoms with Gasteiger partial charge in [-0.15, -0.1) is 11.3 Å². The zero-order valence-corrected chi connectivity index (χ0v) is 12.3. The van der Waals surface area contributed by atoms with Crippen molar-refractivity contribution in [2.75, 3.05) is 31.3 Å². The Labute approximate surface area is 121 Å². The molecule has 0 unspecified atom stereocenters. The van der Waals surface area contributed by atoms with Crippen molar-refractivity contribution in [3.05, 3.63) is 10.4 Å². The molecule has 0 amide bonds. The predicted octanol–water partition coefficient (Wildman–Crippen LogP) is 2.12. The zero-order chi connectivity index (χ0) is 14.7. The third-order valence-electron chi connectivity index (χ3n) is 3.04. The number of nitrogens with one attached hydrogen (secondary N) is 1. The molecule has 3 N–H and O–H groups in total. The molecule has 1 aromatic rings. The van der Waals surface area contributed by atoms with E-state index in [1.54, 1.807) is 6.92 Å². The van der Waals surface area contributed by atoms with Gasteiger partial charge in [-0.2, -0.15) is 0 Å². The van der Waals surface area contributed by atoms with Crippen LogP contribution in [0, 0.1) is 5.92 Å². The number of hydrogen-bond acceptors (Lipinski definition) is 7. The van der Waals surface area contributed by atoms with Crippen molar-refractivity contribution in [3.63, 3.8) is 0 Å². The summed E-state index contributed by atoms with van der Waals surface area (Å²) in [7, 11) is 1.29. The minimum absolute atomic E-state index is 0.124. The van der Waals surface area contributed by atoms with Crippen molar-refractivity contribution < 1.29 is 19.1 Å². The van der Waals surface area contributed by atoms with Gasteiger partial charge in [-0.1, -0.05) is 0 Å². The van der Waals surface area contributed by atoms with Gasteiger partial charge in [-0.05, 0) is 25.7 Å². The summed E-state index contributed by atoms with van der Waals surface area (Å²) in [6, 6.07) is 0. The van der Waals surface area contributed by atoms with Gasteiger partial charge >= 0.3 is 11.9 Å². The first-order valence-electron chi connectivity index (χ1n) is 6.50. The minimum Gasteiger partial charge on any atom is -0.465 e. The first kappa shape index (κ1) is 14.6. The lowest BCUT2D eigenvalue weighted by Gasteiger charge is -2.05. The molecule has 0 radical (unpaired) electrons. The molecule has 0 saturated heterocycles. The van der Waals surface area contributed by atoms with Crippen molar-refractivity contribution >= 4 is 34.0 Å². The molecule has 0 aromatic carbocycles. The van der Waals surface area contributed by atoms with Crippen LogP contribution in [0.1, 0.15) is 39.8 Å². The van der Waals surface area contributed by atoms with Gasteiger partial charge in [-0.3, -0.25) is 0 Å². The van der Waals surface area contributed by atoms with E-state index in [-0.39, 0.29) is 22.7 Å². The highest BCUT2D eigenvalue weighted by Gasteiger charge is 2.28. The number of methoxy groups -OCH3 is 1. The third-order valence-corrected chi connectivity index (χ3v) is 4.19. The van der Waals surface area contributed by atoms with E-state index in [4.69, 9.17) is 15.2 Å². The molecule has 6 nitrogen and oxygen atoms in total. The highest BCUT2D eigenvalue weighted by atomic mass is 32.1. The number of nitrogens with two attached hydrogens (primary N) is 1. The Bertz CT molecular complexity index is 523. The number of hydrogen-bond donors (Lipinski definition) is 2. The molecule has 7 heteroatoms. The third kappa shape index (κ3) is 3.04. The van der Waals surface area contributed by atoms with Crippen LogP contribution in [-0.2, 0) is 9.47 Å². The zero-order valence-electron chi connectivity index (χ0n) is 11.5. The molecule has 2 rings (SSSR count).